The lowest BCUT2D eigenvalue weighted by atomic mass is 10.5. The van der Waals surface area contributed by atoms with Crippen molar-refractivity contribution in [3.05, 3.63) is 29.9 Å². The van der Waals surface area contributed by atoms with E-state index in [0.717, 1.165) is 0 Å². The van der Waals surface area contributed by atoms with Gasteiger partial charge in [-0.25, -0.2) is 0 Å². The number of pyridine rings is 1. The van der Waals surface area contributed by atoms with Gasteiger partial charge < -0.3 is 0 Å². The fraction of sp³-hybridized carbons (Fsp3) is 0.143. The van der Waals surface area contributed by atoms with Crippen LogP contribution in [0.15, 0.2) is 29.4 Å². The van der Waals surface area contributed by atoms with E-state index in [1.165, 1.54) is 0 Å². The Hall–Kier alpha value is -1.38. The zero-order valence-corrected chi connectivity index (χ0v) is 5.78. The fourth-order valence-electron chi connectivity index (χ4n) is 0.681. The van der Waals surface area contributed by atoms with Gasteiger partial charge in [-0.05, 0) is 12.1 Å². The molecule has 52 valence electrons. The van der Waals surface area contributed by atoms with E-state index < -0.39 is 0 Å². The molecule has 3 heteroatoms. The maximum Gasteiger partial charge on any atom is 0.129 e. The Bertz CT molecular complexity index is 285. The van der Waals surface area contributed by atoms with Crippen LogP contribution < -0.4 is 5.49 Å². The molecule has 10 heavy (non-hydrogen) atoms. The molecule has 0 fully saturated rings. The first-order valence-electron chi connectivity index (χ1n) is 2.98. The van der Waals surface area contributed by atoms with Crippen LogP contribution in [0.25, 0.3) is 0 Å². The minimum absolute atomic E-state index is 0.438. The third-order valence-corrected chi connectivity index (χ3v) is 1.13. The van der Waals surface area contributed by atoms with E-state index in [-0.39, 0.29) is 0 Å². The summed E-state index contributed by atoms with van der Waals surface area (Å²) in [4.78, 5) is 3.78. The normalized spacial score (nSPS) is 10.5. The zero-order valence-electron chi connectivity index (χ0n) is 5.78. The average Bonchev–Trinajstić information content (AvgIpc) is 1.94. The molecule has 0 unspecified atom stereocenters. The zero-order chi connectivity index (χ0) is 7.40. The lowest BCUT2D eigenvalue weighted by molar-refractivity contribution is 0.990. The molecule has 0 aliphatic carbocycles. The number of nitrogens with zero attached hydrogens (tertiary/aromatic N) is 2. The van der Waals surface area contributed by atoms with Crippen LogP contribution in [0.1, 0.15) is 0 Å². The molecule has 0 spiro atoms. The number of aliphatic imine (C=N–C) groups is 1. The highest BCUT2D eigenvalue weighted by Crippen LogP contribution is 1.75. The first kappa shape index (κ1) is 6.74. The maximum atomic E-state index is 7.35. The van der Waals surface area contributed by atoms with E-state index in [9.17, 15) is 0 Å². The number of nitrogens with one attached hydrogen (secondary N) is 1. The van der Waals surface area contributed by atoms with Crippen molar-refractivity contribution in [3.8, 4) is 0 Å². The first-order chi connectivity index (χ1) is 4.84. The van der Waals surface area contributed by atoms with Crippen LogP contribution in [0, 0.1) is 5.41 Å². The number of rotatable bonds is 1. The predicted molar refractivity (Wildman–Crippen MR) is 40.1 cm³/mol. The Morgan fingerprint density at radius 1 is 1.60 bits per heavy atom. The average molecular weight is 135 g/mol. The molecule has 3 nitrogen and oxygen atoms in total. The Kier molecular flexibility index (Phi) is 1.99. The summed E-state index contributed by atoms with van der Waals surface area (Å²) in [6.07, 6.45) is 3.39. The van der Waals surface area contributed by atoms with Crippen molar-refractivity contribution in [1.29, 1.82) is 5.41 Å². The van der Waals surface area contributed by atoms with E-state index in [4.69, 9.17) is 5.41 Å². The number of aromatic nitrogens is 1. The van der Waals surface area contributed by atoms with Gasteiger partial charge in [-0.15, -0.1) is 0 Å². The lowest BCUT2D eigenvalue weighted by Gasteiger charge is -1.94. The molecular formula is C7H9N3. The summed E-state index contributed by atoms with van der Waals surface area (Å²) < 4.78 is 1.64. The molecule has 1 N–H and O–H groups in total. The van der Waals surface area contributed by atoms with Crippen molar-refractivity contribution in [1.82, 2.24) is 4.57 Å². The van der Waals surface area contributed by atoms with Crippen LogP contribution in [0.5, 0.6) is 0 Å². The largest absolute Gasteiger partial charge is 0.293 e. The fourth-order valence-corrected chi connectivity index (χ4v) is 0.681. The summed E-state index contributed by atoms with van der Waals surface area (Å²) in [6, 6.07) is 5.39. The van der Waals surface area contributed by atoms with Crippen LogP contribution >= 0.6 is 0 Å². The van der Waals surface area contributed by atoms with Gasteiger partial charge >= 0.3 is 0 Å². The third-order valence-electron chi connectivity index (χ3n) is 1.13. The highest BCUT2D eigenvalue weighted by Gasteiger charge is 1.80. The van der Waals surface area contributed by atoms with E-state index in [1.807, 2.05) is 12.1 Å². The molecule has 1 aromatic heterocycles. The standard InChI is InChI=1S/C7H9N3/c1-9-6-10-5-3-2-4-7(10)8/h2-6,8H,1H3. The van der Waals surface area contributed by atoms with Crippen molar-refractivity contribution in [2.75, 3.05) is 7.05 Å². The molecule has 0 aliphatic rings. The van der Waals surface area contributed by atoms with Crippen LogP contribution in [-0.2, 0) is 0 Å². The van der Waals surface area contributed by atoms with Gasteiger partial charge in [-0.3, -0.25) is 15.0 Å². The molecule has 0 atom stereocenters. The molecule has 0 aromatic carbocycles. The highest BCUT2D eigenvalue weighted by atomic mass is 15.0. The van der Waals surface area contributed by atoms with Gasteiger partial charge in [0.1, 0.15) is 5.49 Å². The number of hydrogen-bond acceptors (Lipinski definition) is 2. The predicted octanol–water partition coefficient (Wildman–Crippen LogP) is 0.474. The second-order valence-electron chi connectivity index (χ2n) is 1.87. The van der Waals surface area contributed by atoms with Crippen molar-refractivity contribution >= 4 is 6.34 Å². The van der Waals surface area contributed by atoms with Gasteiger partial charge in [0.05, 0.1) is 6.34 Å². The van der Waals surface area contributed by atoms with Crippen molar-refractivity contribution in [2.45, 2.75) is 0 Å². The van der Waals surface area contributed by atoms with E-state index in [2.05, 4.69) is 4.99 Å². The first-order valence-corrected chi connectivity index (χ1v) is 2.98. The van der Waals surface area contributed by atoms with E-state index in [1.54, 1.807) is 30.2 Å². The summed E-state index contributed by atoms with van der Waals surface area (Å²) >= 11 is 0. The molecule has 0 radical (unpaired) electrons. The van der Waals surface area contributed by atoms with Crippen LogP contribution in [-0.4, -0.2) is 18.0 Å². The Morgan fingerprint density at radius 2 is 2.40 bits per heavy atom. The molecule has 1 aromatic rings. The quantitative estimate of drug-likeness (QED) is 0.429. The Balaban J connectivity index is 3.16. The molecule has 1 heterocycles. The van der Waals surface area contributed by atoms with Gasteiger partial charge in [-0.1, -0.05) is 6.07 Å². The van der Waals surface area contributed by atoms with Gasteiger partial charge in [-0.2, -0.15) is 0 Å². The smallest absolute Gasteiger partial charge is 0.129 e. The van der Waals surface area contributed by atoms with E-state index >= 15 is 0 Å². The summed E-state index contributed by atoms with van der Waals surface area (Å²) in [5, 5.41) is 7.35. The lowest BCUT2D eigenvalue weighted by Crippen LogP contribution is -2.16. The van der Waals surface area contributed by atoms with Crippen molar-refractivity contribution < 1.29 is 0 Å². The van der Waals surface area contributed by atoms with Crippen LogP contribution in [0.4, 0.5) is 0 Å². The molecule has 0 bridgehead atoms. The van der Waals surface area contributed by atoms with Gasteiger partial charge in [0.2, 0.25) is 0 Å². The number of hydrogen-bond donors (Lipinski definition) is 1. The van der Waals surface area contributed by atoms with Crippen LogP contribution in [0.3, 0.4) is 0 Å². The second kappa shape index (κ2) is 2.96. The topological polar surface area (TPSA) is 41.1 Å². The monoisotopic (exact) mass is 135 g/mol. The molecule has 1 rings (SSSR count). The summed E-state index contributed by atoms with van der Waals surface area (Å²) in [6.45, 7) is 0. The highest BCUT2D eigenvalue weighted by molar-refractivity contribution is 5.57. The second-order valence-corrected chi connectivity index (χ2v) is 1.87. The Morgan fingerprint density at radius 3 is 3.00 bits per heavy atom. The molecule has 0 amide bonds. The summed E-state index contributed by atoms with van der Waals surface area (Å²) in [5.74, 6) is 0. The minimum atomic E-state index is 0.438. The molecular weight excluding hydrogens is 126 g/mol. The third kappa shape index (κ3) is 1.31. The minimum Gasteiger partial charge on any atom is -0.293 e. The SMILES string of the molecule is CN=Cn1ccccc1=N. The van der Waals surface area contributed by atoms with Crippen molar-refractivity contribution in [2.24, 2.45) is 4.99 Å². The van der Waals surface area contributed by atoms with Gasteiger partial charge in [0, 0.05) is 13.2 Å². The van der Waals surface area contributed by atoms with Gasteiger partial charge in [0.25, 0.3) is 0 Å². The van der Waals surface area contributed by atoms with E-state index in [0.29, 0.717) is 5.49 Å². The molecule has 0 aliphatic heterocycles. The van der Waals surface area contributed by atoms with Gasteiger partial charge in [0.15, 0.2) is 0 Å². The van der Waals surface area contributed by atoms with Crippen LogP contribution in [0.2, 0.25) is 0 Å². The maximum absolute atomic E-state index is 7.35. The summed E-state index contributed by atoms with van der Waals surface area (Å²) in [7, 11) is 1.68. The summed E-state index contributed by atoms with van der Waals surface area (Å²) in [5.41, 5.74) is 0.438. The molecule has 0 saturated carbocycles. The molecule has 0 saturated heterocycles. The Labute approximate surface area is 59.2 Å². The van der Waals surface area contributed by atoms with Crippen molar-refractivity contribution in [3.63, 3.8) is 0 Å².